The minimum Gasteiger partial charge on any atom is -0.480 e. The van der Waals surface area contributed by atoms with Crippen LogP contribution in [0.25, 0.3) is 0 Å². The number of rotatable bonds is 5. The van der Waals surface area contributed by atoms with Gasteiger partial charge in [0.25, 0.3) is 0 Å². The van der Waals surface area contributed by atoms with Crippen molar-refractivity contribution in [3.63, 3.8) is 0 Å². The molecular weight excluding hydrogens is 268 g/mol. The highest BCUT2D eigenvalue weighted by Gasteiger charge is 2.33. The third-order valence-electron chi connectivity index (χ3n) is 3.31. The molecule has 0 bridgehead atoms. The second-order valence-corrected chi connectivity index (χ2v) is 6.24. The number of nitrogens with one attached hydrogen (secondary N) is 1. The van der Waals surface area contributed by atoms with E-state index >= 15 is 0 Å². The lowest BCUT2D eigenvalue weighted by molar-refractivity contribution is -0.142. The van der Waals surface area contributed by atoms with Gasteiger partial charge in [-0.25, -0.2) is 9.59 Å². The van der Waals surface area contributed by atoms with Gasteiger partial charge in [0.1, 0.15) is 6.04 Å². The third kappa shape index (κ3) is 5.45. The Morgan fingerprint density at radius 3 is 2.29 bits per heavy atom. The van der Waals surface area contributed by atoms with Crippen LogP contribution in [0, 0.1) is 5.41 Å². The zero-order chi connectivity index (χ0) is 16.0. The largest absolute Gasteiger partial charge is 0.480 e. The molecule has 0 aliphatic carbocycles. The Morgan fingerprint density at radius 2 is 1.81 bits per heavy atom. The van der Waals surface area contributed by atoms with E-state index in [1.54, 1.807) is 27.8 Å². The first-order chi connectivity index (χ1) is 9.71. The summed E-state index contributed by atoms with van der Waals surface area (Å²) < 4.78 is 0. The van der Waals surface area contributed by atoms with E-state index in [0.717, 1.165) is 12.0 Å². The minimum absolute atomic E-state index is 0.367. The molecule has 0 saturated carbocycles. The maximum absolute atomic E-state index is 12.1. The van der Waals surface area contributed by atoms with Crippen molar-refractivity contribution in [1.82, 2.24) is 10.2 Å². The van der Waals surface area contributed by atoms with E-state index in [4.69, 9.17) is 0 Å². The number of amides is 2. The van der Waals surface area contributed by atoms with Crippen LogP contribution in [0.4, 0.5) is 4.79 Å². The first kappa shape index (κ1) is 17.0. The first-order valence-corrected chi connectivity index (χ1v) is 7.00. The number of nitrogens with zero attached hydrogens (tertiary/aromatic N) is 1. The molecule has 21 heavy (non-hydrogen) atoms. The molecule has 0 unspecified atom stereocenters. The van der Waals surface area contributed by atoms with Gasteiger partial charge in [-0.2, -0.15) is 0 Å². The zero-order valence-electron chi connectivity index (χ0n) is 13.1. The highest BCUT2D eigenvalue weighted by molar-refractivity contribution is 5.83. The summed E-state index contributed by atoms with van der Waals surface area (Å²) in [7, 11) is 1.67. The zero-order valence-corrected chi connectivity index (χ0v) is 13.1. The number of hydrogen-bond acceptors (Lipinski definition) is 2. The van der Waals surface area contributed by atoms with Crippen molar-refractivity contribution in [3.05, 3.63) is 35.9 Å². The standard InChI is InChI=1S/C16H24N2O3/c1-16(2,3)13(14(19)20)17-15(21)18(4)11-10-12-8-6-5-7-9-12/h5-9,13H,10-11H2,1-4H3,(H,17,21)(H,19,20)/t13-/m1/s1. The van der Waals surface area contributed by atoms with Gasteiger partial charge in [0.2, 0.25) is 0 Å². The van der Waals surface area contributed by atoms with Crippen LogP contribution in [0.1, 0.15) is 26.3 Å². The van der Waals surface area contributed by atoms with Crippen LogP contribution in [0.5, 0.6) is 0 Å². The normalized spacial score (nSPS) is 12.6. The Balaban J connectivity index is 2.56. The molecule has 0 radical (unpaired) electrons. The number of carboxylic acids is 1. The molecule has 1 atom stereocenters. The molecule has 5 nitrogen and oxygen atoms in total. The smallest absolute Gasteiger partial charge is 0.326 e. The third-order valence-corrected chi connectivity index (χ3v) is 3.31. The summed E-state index contributed by atoms with van der Waals surface area (Å²) in [5.41, 5.74) is 0.602. The number of carbonyl (C=O) groups is 2. The lowest BCUT2D eigenvalue weighted by atomic mass is 9.87. The van der Waals surface area contributed by atoms with Gasteiger partial charge in [0.05, 0.1) is 0 Å². The Bertz CT molecular complexity index is 480. The highest BCUT2D eigenvalue weighted by Crippen LogP contribution is 2.19. The van der Waals surface area contributed by atoms with E-state index in [9.17, 15) is 14.7 Å². The maximum atomic E-state index is 12.1. The van der Waals surface area contributed by atoms with Crippen molar-refractivity contribution in [2.45, 2.75) is 33.2 Å². The Labute approximate surface area is 126 Å². The van der Waals surface area contributed by atoms with Crippen LogP contribution in [-0.4, -0.2) is 41.6 Å². The van der Waals surface area contributed by atoms with E-state index in [0.29, 0.717) is 6.54 Å². The summed E-state index contributed by atoms with van der Waals surface area (Å²) in [6.45, 7) is 5.90. The lowest BCUT2D eigenvalue weighted by Gasteiger charge is -2.29. The van der Waals surface area contributed by atoms with Crippen LogP contribution < -0.4 is 5.32 Å². The molecule has 2 N–H and O–H groups in total. The van der Waals surface area contributed by atoms with Crippen LogP contribution in [0.3, 0.4) is 0 Å². The number of urea groups is 1. The maximum Gasteiger partial charge on any atom is 0.326 e. The van der Waals surface area contributed by atoms with E-state index in [1.165, 1.54) is 4.90 Å². The Hall–Kier alpha value is -2.04. The molecule has 0 spiro atoms. The molecule has 1 rings (SSSR count). The molecule has 1 aromatic carbocycles. The summed E-state index contributed by atoms with van der Waals surface area (Å²) in [5.74, 6) is -1.02. The number of hydrogen-bond donors (Lipinski definition) is 2. The highest BCUT2D eigenvalue weighted by atomic mass is 16.4. The average Bonchev–Trinajstić information content (AvgIpc) is 2.41. The van der Waals surface area contributed by atoms with Crippen molar-refractivity contribution < 1.29 is 14.7 Å². The summed E-state index contributed by atoms with van der Waals surface area (Å²) >= 11 is 0. The first-order valence-electron chi connectivity index (χ1n) is 7.00. The number of carbonyl (C=O) groups excluding carboxylic acids is 1. The number of likely N-dealkylation sites (N-methyl/N-ethyl adjacent to an activating group) is 1. The fourth-order valence-corrected chi connectivity index (χ4v) is 1.93. The molecule has 1 aromatic rings. The van der Waals surface area contributed by atoms with Gasteiger partial charge in [0.15, 0.2) is 0 Å². The van der Waals surface area contributed by atoms with Crippen molar-refractivity contribution >= 4 is 12.0 Å². The molecular formula is C16H24N2O3. The topological polar surface area (TPSA) is 69.6 Å². The van der Waals surface area contributed by atoms with Crippen LogP contribution in [0.15, 0.2) is 30.3 Å². The van der Waals surface area contributed by atoms with Crippen LogP contribution in [-0.2, 0) is 11.2 Å². The number of benzene rings is 1. The summed E-state index contributed by atoms with van der Waals surface area (Å²) in [5, 5.41) is 11.8. The van der Waals surface area contributed by atoms with Gasteiger partial charge in [-0.1, -0.05) is 51.1 Å². The van der Waals surface area contributed by atoms with Gasteiger partial charge in [-0.05, 0) is 17.4 Å². The van der Waals surface area contributed by atoms with Gasteiger partial charge < -0.3 is 15.3 Å². The predicted octanol–water partition coefficient (Wildman–Crippen LogP) is 2.37. The number of carboxylic acid groups (broad SMARTS) is 1. The molecule has 0 aliphatic rings. The SMILES string of the molecule is CN(CCc1ccccc1)C(=O)N[C@H](C(=O)O)C(C)(C)C. The van der Waals surface area contributed by atoms with E-state index in [1.807, 2.05) is 30.3 Å². The van der Waals surface area contributed by atoms with Gasteiger partial charge in [-0.15, -0.1) is 0 Å². The predicted molar refractivity (Wildman–Crippen MR) is 82.2 cm³/mol. The van der Waals surface area contributed by atoms with Crippen LogP contribution in [0.2, 0.25) is 0 Å². The number of aliphatic carboxylic acids is 1. The molecule has 5 heteroatoms. The molecule has 0 saturated heterocycles. The van der Waals surface area contributed by atoms with E-state index in [2.05, 4.69) is 5.32 Å². The molecule has 0 heterocycles. The quantitative estimate of drug-likeness (QED) is 0.875. The summed E-state index contributed by atoms with van der Waals surface area (Å²) in [4.78, 5) is 24.8. The Morgan fingerprint density at radius 1 is 1.24 bits per heavy atom. The molecule has 0 aliphatic heterocycles. The van der Waals surface area contributed by atoms with Gasteiger partial charge >= 0.3 is 12.0 Å². The molecule has 0 aromatic heterocycles. The van der Waals surface area contributed by atoms with Crippen LogP contribution >= 0.6 is 0 Å². The van der Waals surface area contributed by atoms with Crippen molar-refractivity contribution in [1.29, 1.82) is 0 Å². The van der Waals surface area contributed by atoms with Gasteiger partial charge in [-0.3, -0.25) is 0 Å². The minimum atomic E-state index is -1.02. The van der Waals surface area contributed by atoms with E-state index < -0.39 is 17.4 Å². The van der Waals surface area contributed by atoms with Gasteiger partial charge in [0, 0.05) is 13.6 Å². The van der Waals surface area contributed by atoms with Crippen molar-refractivity contribution in [3.8, 4) is 0 Å². The fourth-order valence-electron chi connectivity index (χ4n) is 1.93. The second kappa shape index (κ2) is 7.11. The Kier molecular flexibility index (Phi) is 5.76. The molecule has 116 valence electrons. The fraction of sp³-hybridized carbons (Fsp3) is 0.500. The molecule has 2 amide bonds. The van der Waals surface area contributed by atoms with Crippen molar-refractivity contribution in [2.24, 2.45) is 5.41 Å². The summed E-state index contributed by atoms with van der Waals surface area (Å²) in [6.07, 6.45) is 0.734. The summed E-state index contributed by atoms with van der Waals surface area (Å²) in [6, 6.07) is 8.57. The molecule has 0 fully saturated rings. The van der Waals surface area contributed by atoms with E-state index in [-0.39, 0.29) is 6.03 Å². The average molecular weight is 292 g/mol. The second-order valence-electron chi connectivity index (χ2n) is 6.24. The van der Waals surface area contributed by atoms with Crippen molar-refractivity contribution in [2.75, 3.05) is 13.6 Å². The monoisotopic (exact) mass is 292 g/mol. The lowest BCUT2D eigenvalue weighted by Crippen LogP contribution is -2.52.